The van der Waals surface area contributed by atoms with Gasteiger partial charge in [0.05, 0.1) is 0 Å². The third kappa shape index (κ3) is 3.76. The van der Waals surface area contributed by atoms with E-state index in [0.29, 0.717) is 5.69 Å². The Balaban J connectivity index is 2.83. The van der Waals surface area contributed by atoms with Gasteiger partial charge >= 0.3 is 11.9 Å². The van der Waals surface area contributed by atoms with E-state index in [1.54, 1.807) is 0 Å². The monoisotopic (exact) mass is 259 g/mol. The van der Waals surface area contributed by atoms with Gasteiger partial charge < -0.3 is 14.7 Å². The summed E-state index contributed by atoms with van der Waals surface area (Å²) in [7, 11) is 0. The molecular formula is C10H7ClFNO4. The number of hydrogen-bond donors (Lipinski definition) is 2. The largest absolute Gasteiger partial charge is 0.477 e. The van der Waals surface area contributed by atoms with Crippen molar-refractivity contribution in [3.8, 4) is 0 Å². The number of rotatable bonds is 4. The number of aliphatic carboxylic acids is 1. The summed E-state index contributed by atoms with van der Waals surface area (Å²) < 4.78 is 16.3. The van der Waals surface area contributed by atoms with Crippen molar-refractivity contribution in [1.82, 2.24) is 0 Å². The minimum absolute atomic E-state index is 0.410. The van der Waals surface area contributed by atoms with Gasteiger partial charge in [0.25, 0.3) is 0 Å². The molecule has 0 amide bonds. The number of anilines is 1. The molecule has 5 nitrogen and oxygen atoms in total. The Morgan fingerprint density at radius 3 is 2.41 bits per heavy atom. The second kappa shape index (κ2) is 5.86. The van der Waals surface area contributed by atoms with E-state index in [-0.39, 0.29) is 0 Å². The van der Waals surface area contributed by atoms with Gasteiger partial charge in [-0.1, -0.05) is 0 Å². The minimum atomic E-state index is -1.50. The molecule has 0 aliphatic carbocycles. The van der Waals surface area contributed by atoms with Gasteiger partial charge in [0, 0.05) is 11.9 Å². The molecule has 17 heavy (non-hydrogen) atoms. The summed E-state index contributed by atoms with van der Waals surface area (Å²) in [4.78, 5) is 21.6. The first-order valence-electron chi connectivity index (χ1n) is 4.33. The van der Waals surface area contributed by atoms with E-state index < -0.39 is 23.3 Å². The van der Waals surface area contributed by atoms with Crippen LogP contribution < -0.4 is 5.32 Å². The van der Waals surface area contributed by atoms with E-state index in [0.717, 1.165) is 6.20 Å². The van der Waals surface area contributed by atoms with Crippen LogP contribution in [0.2, 0.25) is 0 Å². The molecular weight excluding hydrogens is 253 g/mol. The van der Waals surface area contributed by atoms with Gasteiger partial charge in [0.15, 0.2) is 5.57 Å². The van der Waals surface area contributed by atoms with Crippen molar-refractivity contribution in [1.29, 1.82) is 0 Å². The number of carboxylic acid groups (broad SMARTS) is 1. The number of carbonyl (C=O) groups is 2. The number of nitrogens with one attached hydrogen (secondary N) is 1. The van der Waals surface area contributed by atoms with Crippen LogP contribution in [-0.2, 0) is 13.9 Å². The predicted molar refractivity (Wildman–Crippen MR) is 57.7 cm³/mol. The first kappa shape index (κ1) is 13.0. The van der Waals surface area contributed by atoms with Crippen molar-refractivity contribution in [2.45, 2.75) is 0 Å². The van der Waals surface area contributed by atoms with Crippen molar-refractivity contribution in [2.75, 3.05) is 5.32 Å². The van der Waals surface area contributed by atoms with Crippen LogP contribution in [0.15, 0.2) is 36.0 Å². The van der Waals surface area contributed by atoms with Gasteiger partial charge in [-0.3, -0.25) is 0 Å². The van der Waals surface area contributed by atoms with Crippen LogP contribution in [0.3, 0.4) is 0 Å². The van der Waals surface area contributed by atoms with Gasteiger partial charge in [0.2, 0.25) is 0 Å². The van der Waals surface area contributed by atoms with Gasteiger partial charge in [-0.2, -0.15) is 0 Å². The van der Waals surface area contributed by atoms with Crippen molar-refractivity contribution in [3.63, 3.8) is 0 Å². The summed E-state index contributed by atoms with van der Waals surface area (Å²) in [5, 5.41) is 11.2. The zero-order chi connectivity index (χ0) is 12.8. The van der Waals surface area contributed by atoms with Gasteiger partial charge in [-0.15, -0.1) is 0 Å². The minimum Gasteiger partial charge on any atom is -0.477 e. The SMILES string of the molecule is O=C(O)C(=CNc1ccc(F)cc1)C(=O)OCl. The van der Waals surface area contributed by atoms with Gasteiger partial charge in [-0.05, 0) is 24.3 Å². The fourth-order valence-corrected chi connectivity index (χ4v) is 1.03. The lowest BCUT2D eigenvalue weighted by Crippen LogP contribution is -2.13. The third-order valence-electron chi connectivity index (χ3n) is 1.75. The molecule has 1 aromatic rings. The normalized spacial score (nSPS) is 10.8. The van der Waals surface area contributed by atoms with Crippen molar-refractivity contribution in [2.24, 2.45) is 0 Å². The summed E-state index contributed by atoms with van der Waals surface area (Å²) in [5.41, 5.74) is -0.267. The van der Waals surface area contributed by atoms with Gasteiger partial charge in [0.1, 0.15) is 17.7 Å². The number of hydrogen-bond acceptors (Lipinski definition) is 4. The van der Waals surface area contributed by atoms with Crippen molar-refractivity contribution in [3.05, 3.63) is 41.9 Å². The van der Waals surface area contributed by atoms with Crippen LogP contribution in [0, 0.1) is 5.82 Å². The number of carboxylic acids is 1. The average Bonchev–Trinajstić information content (AvgIpc) is 2.31. The first-order chi connectivity index (χ1) is 8.04. The van der Waals surface area contributed by atoms with E-state index in [2.05, 4.69) is 9.61 Å². The topological polar surface area (TPSA) is 75.6 Å². The molecule has 0 aromatic heterocycles. The number of benzene rings is 1. The van der Waals surface area contributed by atoms with Crippen LogP contribution in [0.4, 0.5) is 10.1 Å². The molecule has 0 saturated carbocycles. The zero-order valence-corrected chi connectivity index (χ0v) is 9.07. The standard InChI is InChI=1S/C10H7ClFNO4/c11-17-10(16)8(9(14)15)5-13-7-3-1-6(12)2-4-7/h1-5,13H,(H,14,15). The Hall–Kier alpha value is -2.08. The van der Waals surface area contributed by atoms with Crippen LogP contribution >= 0.6 is 11.9 Å². The van der Waals surface area contributed by atoms with Crippen molar-refractivity contribution < 1.29 is 23.4 Å². The molecule has 7 heteroatoms. The molecule has 90 valence electrons. The lowest BCUT2D eigenvalue weighted by Gasteiger charge is -2.02. The molecule has 0 unspecified atom stereocenters. The molecule has 2 N–H and O–H groups in total. The van der Waals surface area contributed by atoms with Crippen LogP contribution in [0.5, 0.6) is 0 Å². The highest BCUT2D eigenvalue weighted by Crippen LogP contribution is 2.09. The average molecular weight is 260 g/mol. The Kier molecular flexibility index (Phi) is 4.47. The molecule has 0 saturated heterocycles. The smallest absolute Gasteiger partial charge is 0.365 e. The Bertz CT molecular complexity index is 458. The zero-order valence-electron chi connectivity index (χ0n) is 8.31. The Labute approximate surface area is 101 Å². The molecule has 1 rings (SSSR count). The van der Waals surface area contributed by atoms with Crippen LogP contribution in [-0.4, -0.2) is 17.0 Å². The third-order valence-corrected chi connectivity index (χ3v) is 1.89. The van der Waals surface area contributed by atoms with Crippen LogP contribution in [0.25, 0.3) is 0 Å². The maximum absolute atomic E-state index is 12.6. The lowest BCUT2D eigenvalue weighted by molar-refractivity contribution is -0.138. The molecule has 0 bridgehead atoms. The Morgan fingerprint density at radius 1 is 1.35 bits per heavy atom. The van der Waals surface area contributed by atoms with E-state index in [9.17, 15) is 14.0 Å². The summed E-state index contributed by atoms with van der Waals surface area (Å²) in [6.07, 6.45) is 0.903. The number of halogens is 2. The molecule has 1 aromatic carbocycles. The highest BCUT2D eigenvalue weighted by atomic mass is 35.5. The second-order valence-corrected chi connectivity index (χ2v) is 3.03. The summed E-state index contributed by atoms with van der Waals surface area (Å²) >= 11 is 4.76. The van der Waals surface area contributed by atoms with E-state index in [1.165, 1.54) is 24.3 Å². The lowest BCUT2D eigenvalue weighted by atomic mass is 10.3. The van der Waals surface area contributed by atoms with E-state index in [1.807, 2.05) is 0 Å². The summed E-state index contributed by atoms with van der Waals surface area (Å²) in [6, 6.07) is 5.10. The predicted octanol–water partition coefficient (Wildman–Crippen LogP) is 1.90. The molecule has 0 aliphatic rings. The van der Waals surface area contributed by atoms with Crippen molar-refractivity contribution >= 4 is 29.5 Å². The maximum atomic E-state index is 12.6. The molecule has 0 atom stereocenters. The molecule has 0 aliphatic heterocycles. The summed E-state index contributed by atoms with van der Waals surface area (Å²) in [6.45, 7) is 0. The quantitative estimate of drug-likeness (QED) is 0.491. The van der Waals surface area contributed by atoms with E-state index in [4.69, 9.17) is 17.0 Å². The second-order valence-electron chi connectivity index (χ2n) is 2.88. The molecule has 0 radical (unpaired) electrons. The summed E-state index contributed by atoms with van der Waals surface area (Å²) in [5.74, 6) is -3.13. The van der Waals surface area contributed by atoms with E-state index >= 15 is 0 Å². The molecule has 0 heterocycles. The molecule has 0 spiro atoms. The first-order valence-corrected chi connectivity index (χ1v) is 4.64. The Morgan fingerprint density at radius 2 is 1.94 bits per heavy atom. The highest BCUT2D eigenvalue weighted by molar-refractivity contribution is 6.22. The maximum Gasteiger partial charge on any atom is 0.365 e. The fraction of sp³-hybridized carbons (Fsp3) is 0. The van der Waals surface area contributed by atoms with Crippen LogP contribution in [0.1, 0.15) is 0 Å². The molecule has 0 fully saturated rings. The number of carbonyl (C=O) groups excluding carboxylic acids is 1. The fourth-order valence-electron chi connectivity index (χ4n) is 0.951. The van der Waals surface area contributed by atoms with Gasteiger partial charge in [-0.25, -0.2) is 14.0 Å². The highest BCUT2D eigenvalue weighted by Gasteiger charge is 2.18.